The van der Waals surface area contributed by atoms with Gasteiger partial charge in [0.2, 0.25) is 0 Å². The molecule has 29 heavy (non-hydrogen) atoms. The summed E-state index contributed by atoms with van der Waals surface area (Å²) in [5, 5.41) is 19.5. The van der Waals surface area contributed by atoms with Crippen LogP contribution < -0.4 is 0 Å². The third-order valence-electron chi connectivity index (χ3n) is 4.25. The Morgan fingerprint density at radius 2 is 1.21 bits per heavy atom. The van der Waals surface area contributed by atoms with Crippen LogP contribution in [0.1, 0.15) is 53.4 Å². The topological polar surface area (TPSA) is 118 Å². The fourth-order valence-electron chi connectivity index (χ4n) is 2.79. The number of aliphatic hydroxyl groups is 2. The van der Waals surface area contributed by atoms with E-state index in [0.29, 0.717) is 0 Å². The smallest absolute Gasteiger partial charge is 0.343 e. The van der Waals surface area contributed by atoms with Crippen LogP contribution >= 0.6 is 0 Å². The molecule has 0 aliphatic heterocycles. The minimum Gasteiger partial charge on any atom is -0.512 e. The number of allylic oxidation sites excluding steroid dienone is 2. The van der Waals surface area contributed by atoms with E-state index in [1.54, 1.807) is 13.8 Å². The van der Waals surface area contributed by atoms with Gasteiger partial charge in [-0.25, -0.2) is 9.59 Å². The van der Waals surface area contributed by atoms with Crippen molar-refractivity contribution >= 4 is 24.4 Å². The zero-order valence-corrected chi connectivity index (χ0v) is 18.3. The summed E-state index contributed by atoms with van der Waals surface area (Å²) < 4.78 is 9.85. The van der Waals surface area contributed by atoms with Crippen LogP contribution in [-0.2, 0) is 35.8 Å². The first-order valence-electron chi connectivity index (χ1n) is 9.52. The van der Waals surface area contributed by atoms with Crippen LogP contribution in [0.5, 0.6) is 0 Å². The molecule has 0 aromatic carbocycles. The summed E-state index contributed by atoms with van der Waals surface area (Å²) in [6.07, 6.45) is 6.09. The van der Waals surface area contributed by atoms with Crippen molar-refractivity contribution in [2.75, 3.05) is 13.2 Å². The van der Waals surface area contributed by atoms with Crippen LogP contribution in [0.4, 0.5) is 0 Å². The van der Waals surface area contributed by atoms with Crippen molar-refractivity contribution < 1.29 is 46.1 Å². The number of carbonyl (C=O) groups excluding carboxylic acids is 2. The summed E-state index contributed by atoms with van der Waals surface area (Å²) >= 11 is 0. The van der Waals surface area contributed by atoms with Gasteiger partial charge in [-0.3, -0.25) is 9.98 Å². The van der Waals surface area contributed by atoms with Crippen molar-refractivity contribution in [2.45, 2.75) is 65.5 Å². The molecule has 0 spiro atoms. The molecule has 1 rings (SSSR count). The molecule has 8 nitrogen and oxygen atoms in total. The van der Waals surface area contributed by atoms with E-state index in [1.165, 1.54) is 26.3 Å². The number of hydrogen-bond donors (Lipinski definition) is 2. The third kappa shape index (κ3) is 8.82. The Hall–Kier alpha value is -2.13. The van der Waals surface area contributed by atoms with Crippen LogP contribution in [-0.4, -0.2) is 59.9 Å². The van der Waals surface area contributed by atoms with Crippen LogP contribution in [0.3, 0.4) is 0 Å². The summed E-state index contributed by atoms with van der Waals surface area (Å²) in [6.45, 7) is 6.56. The summed E-state index contributed by atoms with van der Waals surface area (Å²) in [7, 11) is 0. The molecular weight excluding hydrogens is 423 g/mol. The first-order valence-corrected chi connectivity index (χ1v) is 9.52. The van der Waals surface area contributed by atoms with Crippen LogP contribution in [0.15, 0.2) is 32.6 Å². The number of aliphatic hydroxyl groups excluding tert-OH is 2. The van der Waals surface area contributed by atoms with E-state index >= 15 is 0 Å². The standard InChI is InChI=1S/C20H30N2O6.Co/c1-5-27-19(25)15(13(3)23)11-21-17-9-7-8-10-18(17)22-12-16(14(4)24)20(26)28-6-2;/h11-12,17-18,23-24H,5-10H2,1-4H3;/b15-13+,16-14+,21-11?,22-12?;/t17-,18-;/m0./s1. The molecule has 2 N–H and O–H groups in total. The molecule has 1 aliphatic rings. The molecule has 0 aromatic heterocycles. The molecule has 9 heteroatoms. The summed E-state index contributed by atoms with van der Waals surface area (Å²) in [5.74, 6) is -1.60. The normalized spacial score (nSPS) is 21.2. The van der Waals surface area contributed by atoms with Gasteiger partial charge in [0.05, 0.1) is 25.3 Å². The molecule has 2 atom stereocenters. The number of rotatable bonds is 8. The predicted molar refractivity (Wildman–Crippen MR) is 107 cm³/mol. The first kappa shape index (κ1) is 26.9. The number of esters is 2. The van der Waals surface area contributed by atoms with Crippen molar-refractivity contribution in [3.63, 3.8) is 0 Å². The molecule has 1 aliphatic carbocycles. The fraction of sp³-hybridized carbons (Fsp3) is 0.600. The van der Waals surface area contributed by atoms with Crippen molar-refractivity contribution in [3.05, 3.63) is 22.7 Å². The number of ether oxygens (including phenoxy) is 2. The average Bonchev–Trinajstić information content (AvgIpc) is 2.63. The third-order valence-corrected chi connectivity index (χ3v) is 4.25. The van der Waals surface area contributed by atoms with Gasteiger partial charge >= 0.3 is 11.9 Å². The quantitative estimate of drug-likeness (QED) is 0.252. The van der Waals surface area contributed by atoms with Gasteiger partial charge in [0.25, 0.3) is 0 Å². The minimum atomic E-state index is -0.634. The Bertz CT molecular complexity index is 618. The molecular formula is C20H30CoN2O6. The Morgan fingerprint density at radius 3 is 1.48 bits per heavy atom. The van der Waals surface area contributed by atoms with Gasteiger partial charge in [-0.15, -0.1) is 0 Å². The number of hydrogen-bond acceptors (Lipinski definition) is 8. The second-order valence-corrected chi connectivity index (χ2v) is 6.41. The van der Waals surface area contributed by atoms with E-state index < -0.39 is 11.9 Å². The molecule has 1 radical (unpaired) electrons. The molecule has 0 aromatic rings. The van der Waals surface area contributed by atoms with Gasteiger partial charge in [0.1, 0.15) is 22.7 Å². The van der Waals surface area contributed by atoms with E-state index in [0.717, 1.165) is 25.7 Å². The summed E-state index contributed by atoms with van der Waals surface area (Å²) in [5.41, 5.74) is 0.0157. The number of aliphatic imine (C=N–C) groups is 2. The summed E-state index contributed by atoms with van der Waals surface area (Å²) in [6, 6.07) is -0.424. The van der Waals surface area contributed by atoms with Gasteiger partial charge in [-0.05, 0) is 40.5 Å². The van der Waals surface area contributed by atoms with E-state index in [1.807, 2.05) is 0 Å². The number of carbonyl (C=O) groups is 2. The van der Waals surface area contributed by atoms with Crippen LogP contribution in [0.25, 0.3) is 0 Å². The molecule has 0 amide bonds. The zero-order chi connectivity index (χ0) is 21.1. The minimum absolute atomic E-state index is 0. The Morgan fingerprint density at radius 1 is 0.862 bits per heavy atom. The van der Waals surface area contributed by atoms with Gasteiger partial charge in [-0.2, -0.15) is 0 Å². The van der Waals surface area contributed by atoms with Gasteiger partial charge in [-0.1, -0.05) is 12.8 Å². The Balaban J connectivity index is 0.00000784. The first-order chi connectivity index (χ1) is 13.3. The van der Waals surface area contributed by atoms with Gasteiger partial charge < -0.3 is 19.7 Å². The average molecular weight is 453 g/mol. The predicted octanol–water partition coefficient (Wildman–Crippen LogP) is 3.23. The van der Waals surface area contributed by atoms with Gasteiger partial charge in [0, 0.05) is 29.2 Å². The second-order valence-electron chi connectivity index (χ2n) is 6.41. The van der Waals surface area contributed by atoms with Crippen molar-refractivity contribution in [1.29, 1.82) is 0 Å². The largest absolute Gasteiger partial charge is 0.512 e. The van der Waals surface area contributed by atoms with Crippen LogP contribution in [0.2, 0.25) is 0 Å². The Labute approximate surface area is 182 Å². The van der Waals surface area contributed by atoms with Crippen LogP contribution in [0, 0.1) is 0 Å². The van der Waals surface area contributed by atoms with E-state index in [9.17, 15) is 19.8 Å². The van der Waals surface area contributed by atoms with Crippen molar-refractivity contribution in [2.24, 2.45) is 9.98 Å². The maximum Gasteiger partial charge on any atom is 0.343 e. The molecule has 0 heterocycles. The maximum absolute atomic E-state index is 11.9. The Kier molecular flexibility index (Phi) is 12.9. The molecule has 0 bridgehead atoms. The monoisotopic (exact) mass is 453 g/mol. The molecule has 0 saturated heterocycles. The number of nitrogens with zero attached hydrogens (tertiary/aromatic N) is 2. The second kappa shape index (κ2) is 13.9. The van der Waals surface area contributed by atoms with Gasteiger partial charge in [0.15, 0.2) is 0 Å². The van der Waals surface area contributed by atoms with E-state index in [4.69, 9.17) is 9.47 Å². The molecule has 0 unspecified atom stereocenters. The van der Waals surface area contributed by atoms with E-state index in [-0.39, 0.29) is 64.7 Å². The molecule has 1 fully saturated rings. The van der Waals surface area contributed by atoms with Crippen molar-refractivity contribution in [1.82, 2.24) is 0 Å². The van der Waals surface area contributed by atoms with E-state index in [2.05, 4.69) is 9.98 Å². The zero-order valence-electron chi connectivity index (χ0n) is 17.3. The SMILES string of the molecule is CCOC(=O)/C(C=N[C@H]1CCCC[C@@H]1N=C/C(C(=O)OCC)=C(/C)O)=C(\C)O.[Co]. The fourth-order valence-corrected chi connectivity index (χ4v) is 2.79. The molecule has 165 valence electrons. The molecule has 1 saturated carbocycles. The van der Waals surface area contributed by atoms with Crippen molar-refractivity contribution in [3.8, 4) is 0 Å². The maximum atomic E-state index is 11.9. The summed E-state index contributed by atoms with van der Waals surface area (Å²) in [4.78, 5) is 32.7.